The summed E-state index contributed by atoms with van der Waals surface area (Å²) >= 11 is 8.64. The molecule has 3 rings (SSSR count). The number of hydrogen-bond donors (Lipinski definition) is 2. The lowest BCUT2D eigenvalue weighted by Crippen LogP contribution is -2.37. The van der Waals surface area contributed by atoms with Crippen LogP contribution >= 0.6 is 28.1 Å². The van der Waals surface area contributed by atoms with E-state index in [9.17, 15) is 4.79 Å². The number of benzene rings is 3. The van der Waals surface area contributed by atoms with Gasteiger partial charge in [-0.15, -0.1) is 0 Å². The zero-order chi connectivity index (χ0) is 18.5. The van der Waals surface area contributed by atoms with Crippen LogP contribution in [0.1, 0.15) is 5.56 Å². The fraction of sp³-hybridized carbons (Fsp3) is 0.100. The van der Waals surface area contributed by atoms with E-state index >= 15 is 0 Å². The third-order valence-electron chi connectivity index (χ3n) is 3.79. The molecule has 0 bridgehead atoms. The van der Waals surface area contributed by atoms with Crippen LogP contribution in [0.5, 0.6) is 5.75 Å². The molecule has 3 aromatic carbocycles. The largest absolute Gasteiger partial charge is 0.483 e. The first-order valence-electron chi connectivity index (χ1n) is 8.00. The highest BCUT2D eigenvalue weighted by Gasteiger charge is 2.09. The molecule has 4 nitrogen and oxygen atoms in total. The Labute approximate surface area is 165 Å². The topological polar surface area (TPSA) is 50.4 Å². The zero-order valence-electron chi connectivity index (χ0n) is 14.1. The predicted molar refractivity (Wildman–Crippen MR) is 113 cm³/mol. The van der Waals surface area contributed by atoms with Gasteiger partial charge < -0.3 is 10.1 Å². The molecule has 0 aromatic heterocycles. The second kappa shape index (κ2) is 8.29. The summed E-state index contributed by atoms with van der Waals surface area (Å²) in [5, 5.41) is 8.08. The summed E-state index contributed by atoms with van der Waals surface area (Å²) in [5.41, 5.74) is 1.79. The summed E-state index contributed by atoms with van der Waals surface area (Å²) in [4.78, 5) is 12.1. The van der Waals surface area contributed by atoms with E-state index in [4.69, 9.17) is 17.0 Å². The Morgan fingerprint density at radius 1 is 1.12 bits per heavy atom. The van der Waals surface area contributed by atoms with Gasteiger partial charge in [-0.2, -0.15) is 0 Å². The van der Waals surface area contributed by atoms with Crippen molar-refractivity contribution in [3.8, 4) is 5.75 Å². The highest BCUT2D eigenvalue weighted by atomic mass is 79.9. The van der Waals surface area contributed by atoms with E-state index in [1.807, 2.05) is 67.6 Å². The lowest BCUT2D eigenvalue weighted by molar-refractivity contribution is -0.121. The average Bonchev–Trinajstić information content (AvgIpc) is 2.61. The summed E-state index contributed by atoms with van der Waals surface area (Å²) in [5.74, 6) is 0.348. The van der Waals surface area contributed by atoms with E-state index in [1.54, 1.807) is 0 Å². The second-order valence-electron chi connectivity index (χ2n) is 5.73. The van der Waals surface area contributed by atoms with Gasteiger partial charge in [0.2, 0.25) is 0 Å². The zero-order valence-corrected chi connectivity index (χ0v) is 16.5. The standard InChI is InChI=1S/C20H17BrN2O2S/c1-13-11-15(21)9-10-18(13)25-12-19(24)23-20(26)22-17-8-4-6-14-5-2-3-7-16(14)17/h2-11H,12H2,1H3,(H2,22,23,24,26). The van der Waals surface area contributed by atoms with E-state index in [1.165, 1.54) is 0 Å². The first kappa shape index (κ1) is 18.4. The number of amides is 1. The van der Waals surface area contributed by atoms with Crippen LogP contribution in [0.4, 0.5) is 5.69 Å². The van der Waals surface area contributed by atoms with Gasteiger partial charge in [0.1, 0.15) is 5.75 Å². The molecule has 0 atom stereocenters. The van der Waals surface area contributed by atoms with Crippen LogP contribution < -0.4 is 15.4 Å². The molecule has 0 spiro atoms. The Morgan fingerprint density at radius 2 is 1.88 bits per heavy atom. The van der Waals surface area contributed by atoms with Crippen LogP contribution in [0.3, 0.4) is 0 Å². The van der Waals surface area contributed by atoms with Crippen molar-refractivity contribution in [2.24, 2.45) is 0 Å². The first-order chi connectivity index (χ1) is 12.5. The maximum Gasteiger partial charge on any atom is 0.264 e. The number of nitrogens with one attached hydrogen (secondary N) is 2. The Morgan fingerprint density at radius 3 is 2.69 bits per heavy atom. The first-order valence-corrected chi connectivity index (χ1v) is 9.20. The molecule has 3 aromatic rings. The van der Waals surface area contributed by atoms with Crippen molar-refractivity contribution in [2.45, 2.75) is 6.92 Å². The molecule has 0 saturated heterocycles. The molecular formula is C20H17BrN2O2S. The normalized spacial score (nSPS) is 10.4. The molecule has 0 saturated carbocycles. The van der Waals surface area contributed by atoms with Crippen LogP contribution in [0.2, 0.25) is 0 Å². The van der Waals surface area contributed by atoms with Crippen molar-refractivity contribution >= 4 is 55.6 Å². The lowest BCUT2D eigenvalue weighted by atomic mass is 10.1. The fourth-order valence-corrected chi connectivity index (χ4v) is 3.27. The number of carbonyl (C=O) groups excluding carboxylic acids is 1. The molecule has 26 heavy (non-hydrogen) atoms. The van der Waals surface area contributed by atoms with E-state index in [0.29, 0.717) is 5.75 Å². The van der Waals surface area contributed by atoms with Gasteiger partial charge in [0.25, 0.3) is 5.91 Å². The molecule has 132 valence electrons. The molecule has 6 heteroatoms. The number of ether oxygens (including phenoxy) is 1. The number of rotatable bonds is 4. The minimum absolute atomic E-state index is 0.111. The minimum Gasteiger partial charge on any atom is -0.483 e. The van der Waals surface area contributed by atoms with Crippen LogP contribution in [-0.2, 0) is 4.79 Å². The predicted octanol–water partition coefficient (Wildman–Crippen LogP) is 4.80. The lowest BCUT2D eigenvalue weighted by Gasteiger charge is -2.13. The van der Waals surface area contributed by atoms with Gasteiger partial charge in [-0.05, 0) is 54.4 Å². The van der Waals surface area contributed by atoms with Crippen molar-refractivity contribution in [1.29, 1.82) is 0 Å². The van der Waals surface area contributed by atoms with Crippen molar-refractivity contribution in [3.05, 3.63) is 70.7 Å². The monoisotopic (exact) mass is 428 g/mol. The molecular weight excluding hydrogens is 412 g/mol. The minimum atomic E-state index is -0.315. The molecule has 0 aliphatic rings. The quantitative estimate of drug-likeness (QED) is 0.585. The second-order valence-corrected chi connectivity index (χ2v) is 7.05. The number of thiocarbonyl (C=S) groups is 1. The Kier molecular flexibility index (Phi) is 5.85. The summed E-state index contributed by atoms with van der Waals surface area (Å²) < 4.78 is 6.52. The molecule has 0 aliphatic carbocycles. The Hall–Kier alpha value is -2.44. The van der Waals surface area contributed by atoms with Gasteiger partial charge in [0, 0.05) is 15.5 Å². The van der Waals surface area contributed by atoms with E-state index in [-0.39, 0.29) is 17.6 Å². The summed E-state index contributed by atoms with van der Waals surface area (Å²) in [6.07, 6.45) is 0. The third-order valence-corrected chi connectivity index (χ3v) is 4.48. The molecule has 0 radical (unpaired) electrons. The third kappa shape index (κ3) is 4.59. The number of fused-ring (bicyclic) bond motifs is 1. The molecule has 0 fully saturated rings. The molecule has 2 N–H and O–H groups in total. The highest BCUT2D eigenvalue weighted by Crippen LogP contribution is 2.23. The summed E-state index contributed by atoms with van der Waals surface area (Å²) in [6, 6.07) is 19.5. The van der Waals surface area contributed by atoms with Crippen molar-refractivity contribution in [3.63, 3.8) is 0 Å². The van der Waals surface area contributed by atoms with Crippen molar-refractivity contribution < 1.29 is 9.53 Å². The van der Waals surface area contributed by atoms with Gasteiger partial charge in [-0.25, -0.2) is 0 Å². The van der Waals surface area contributed by atoms with Crippen LogP contribution in [0.25, 0.3) is 10.8 Å². The highest BCUT2D eigenvalue weighted by molar-refractivity contribution is 9.10. The number of anilines is 1. The number of aryl methyl sites for hydroxylation is 1. The number of halogens is 1. The average molecular weight is 429 g/mol. The molecule has 0 unspecified atom stereocenters. The van der Waals surface area contributed by atoms with Crippen molar-refractivity contribution in [2.75, 3.05) is 11.9 Å². The number of carbonyl (C=O) groups is 1. The summed E-state index contributed by atoms with van der Waals surface area (Å²) in [6.45, 7) is 1.81. The van der Waals surface area contributed by atoms with Gasteiger partial charge in [0.05, 0.1) is 0 Å². The molecule has 0 aliphatic heterocycles. The van der Waals surface area contributed by atoms with E-state index in [2.05, 4.69) is 26.6 Å². The Bertz CT molecular complexity index is 970. The smallest absolute Gasteiger partial charge is 0.264 e. The molecule has 0 heterocycles. The van der Waals surface area contributed by atoms with Crippen molar-refractivity contribution in [1.82, 2.24) is 5.32 Å². The maximum atomic E-state index is 12.1. The maximum absolute atomic E-state index is 12.1. The number of hydrogen-bond acceptors (Lipinski definition) is 3. The summed E-state index contributed by atoms with van der Waals surface area (Å²) in [7, 11) is 0. The molecule has 1 amide bonds. The van der Waals surface area contributed by atoms with E-state index in [0.717, 1.165) is 26.5 Å². The van der Waals surface area contributed by atoms with E-state index < -0.39 is 0 Å². The van der Waals surface area contributed by atoms with Crippen LogP contribution in [0, 0.1) is 6.92 Å². The van der Waals surface area contributed by atoms with Crippen LogP contribution in [-0.4, -0.2) is 17.6 Å². The van der Waals surface area contributed by atoms with Gasteiger partial charge in [0.15, 0.2) is 11.7 Å². The van der Waals surface area contributed by atoms with Crippen LogP contribution in [0.15, 0.2) is 65.1 Å². The SMILES string of the molecule is Cc1cc(Br)ccc1OCC(=O)NC(=S)Nc1cccc2ccccc12. The Balaban J connectivity index is 1.58. The van der Waals surface area contributed by atoms with Gasteiger partial charge in [-0.3, -0.25) is 10.1 Å². The fourth-order valence-electron chi connectivity index (χ4n) is 2.57. The van der Waals surface area contributed by atoms with Gasteiger partial charge in [-0.1, -0.05) is 52.3 Å². The van der Waals surface area contributed by atoms with Gasteiger partial charge >= 0.3 is 0 Å².